The first-order valence-electron chi connectivity index (χ1n) is 5.90. The summed E-state index contributed by atoms with van der Waals surface area (Å²) in [5.41, 5.74) is -4.18. The summed E-state index contributed by atoms with van der Waals surface area (Å²) in [6.07, 6.45) is 3.19. The summed E-state index contributed by atoms with van der Waals surface area (Å²) >= 11 is 0. The van der Waals surface area contributed by atoms with Gasteiger partial charge in [0.05, 0.1) is 0 Å². The minimum atomic E-state index is -4.56. The van der Waals surface area contributed by atoms with E-state index in [-0.39, 0.29) is 9.80 Å². The largest absolute Gasteiger partial charge is 0.445 e. The number of alkyl halides is 3. The third-order valence-electron chi connectivity index (χ3n) is 3.05. The number of benzene rings is 1. The molecular formula is C13H13ClF4S. The Balaban J connectivity index is 2.53. The highest BCUT2D eigenvalue weighted by atomic mass is 35.7. The van der Waals surface area contributed by atoms with Gasteiger partial charge in [0, 0.05) is 4.90 Å². The summed E-state index contributed by atoms with van der Waals surface area (Å²) in [6, 6.07) is 3.44. The van der Waals surface area contributed by atoms with Crippen LogP contribution in [0.1, 0.15) is 31.7 Å². The molecule has 1 aliphatic heterocycles. The van der Waals surface area contributed by atoms with Crippen LogP contribution < -0.4 is 0 Å². The molecule has 1 aliphatic rings. The first-order chi connectivity index (χ1) is 8.80. The van der Waals surface area contributed by atoms with Gasteiger partial charge in [0.2, 0.25) is 0 Å². The molecule has 1 unspecified atom stereocenters. The third-order valence-corrected chi connectivity index (χ3v) is 7.31. The molecule has 0 fully saturated rings. The lowest BCUT2D eigenvalue weighted by Gasteiger charge is -2.34. The van der Waals surface area contributed by atoms with Crippen LogP contribution in [0.15, 0.2) is 28.0 Å². The van der Waals surface area contributed by atoms with Gasteiger partial charge in [0.25, 0.3) is 0 Å². The Bertz CT molecular complexity index is 524. The van der Waals surface area contributed by atoms with Gasteiger partial charge in [-0.25, -0.2) is 4.39 Å². The zero-order valence-electron chi connectivity index (χ0n) is 10.2. The van der Waals surface area contributed by atoms with Gasteiger partial charge in [0.15, 0.2) is 0 Å². The molecule has 0 saturated heterocycles. The molecule has 1 atom stereocenters. The van der Waals surface area contributed by atoms with E-state index < -0.39 is 20.6 Å². The third kappa shape index (κ3) is 2.38. The Hall–Kier alpha value is -0.680. The minimum absolute atomic E-state index is 0.118. The summed E-state index contributed by atoms with van der Waals surface area (Å²) in [4.78, 5) is 0.0666. The van der Waals surface area contributed by atoms with Crippen molar-refractivity contribution in [1.29, 1.82) is 0 Å². The SMILES string of the molecule is CCCCC1=Cc2ccc(F)cc2S1(Cl)C(F)(F)F. The first kappa shape index (κ1) is 14.7. The van der Waals surface area contributed by atoms with Gasteiger partial charge in [-0.05, 0) is 61.4 Å². The second-order valence-corrected chi connectivity index (χ2v) is 8.27. The average molecular weight is 313 g/mol. The number of rotatable bonds is 3. The van der Waals surface area contributed by atoms with Gasteiger partial charge < -0.3 is 0 Å². The zero-order chi connectivity index (χ0) is 14.3. The number of hydrogen-bond acceptors (Lipinski definition) is 0. The normalized spacial score (nSPS) is 25.7. The van der Waals surface area contributed by atoms with E-state index in [0.29, 0.717) is 18.4 Å². The van der Waals surface area contributed by atoms with Crippen molar-refractivity contribution in [1.82, 2.24) is 0 Å². The van der Waals surface area contributed by atoms with Gasteiger partial charge in [-0.2, -0.15) is 13.2 Å². The summed E-state index contributed by atoms with van der Waals surface area (Å²) < 4.78 is 53.4. The maximum atomic E-state index is 13.4. The molecule has 1 aromatic carbocycles. The number of allylic oxidation sites excluding steroid dienone is 1. The Morgan fingerprint density at radius 1 is 1.26 bits per heavy atom. The highest BCUT2D eigenvalue weighted by Crippen LogP contribution is 2.80. The molecule has 106 valence electrons. The molecule has 0 aromatic heterocycles. The van der Waals surface area contributed by atoms with Gasteiger partial charge in [0.1, 0.15) is 5.82 Å². The predicted molar refractivity (Wildman–Crippen MR) is 71.7 cm³/mol. The standard InChI is InChI=1S/C13H13ClF4S/c1-2-3-4-11-7-9-5-6-10(15)8-12(9)19(11,14)13(16,17)18/h5-8H,2-4H2,1H3. The van der Waals surface area contributed by atoms with Crippen LogP contribution in [0.2, 0.25) is 0 Å². The molecule has 0 aliphatic carbocycles. The summed E-state index contributed by atoms with van der Waals surface area (Å²) in [6.45, 7) is 1.90. The number of hydrogen-bond donors (Lipinski definition) is 0. The van der Waals surface area contributed by atoms with E-state index >= 15 is 0 Å². The first-order valence-corrected chi connectivity index (χ1v) is 8.36. The molecular weight excluding hydrogens is 300 g/mol. The lowest BCUT2D eigenvalue weighted by Crippen LogP contribution is -2.16. The van der Waals surface area contributed by atoms with Crippen LogP contribution in [-0.4, -0.2) is 5.51 Å². The molecule has 0 radical (unpaired) electrons. The smallest absolute Gasteiger partial charge is 0.207 e. The van der Waals surface area contributed by atoms with Crippen molar-refractivity contribution in [2.75, 3.05) is 0 Å². The van der Waals surface area contributed by atoms with Gasteiger partial charge in [-0.1, -0.05) is 19.4 Å². The van der Waals surface area contributed by atoms with Crippen molar-refractivity contribution in [2.45, 2.75) is 36.6 Å². The lowest BCUT2D eigenvalue weighted by molar-refractivity contribution is -0.0359. The zero-order valence-corrected chi connectivity index (χ0v) is 11.8. The van der Waals surface area contributed by atoms with E-state index in [1.165, 1.54) is 12.1 Å². The Kier molecular flexibility index (Phi) is 3.89. The van der Waals surface area contributed by atoms with Crippen molar-refractivity contribution < 1.29 is 17.6 Å². The van der Waals surface area contributed by atoms with E-state index in [0.717, 1.165) is 18.6 Å². The van der Waals surface area contributed by atoms with E-state index in [1.54, 1.807) is 0 Å². The second kappa shape index (κ2) is 5.02. The maximum Gasteiger partial charge on any atom is 0.445 e. The minimum Gasteiger partial charge on any atom is -0.207 e. The topological polar surface area (TPSA) is 0 Å². The van der Waals surface area contributed by atoms with Crippen molar-refractivity contribution >= 4 is 26.0 Å². The van der Waals surface area contributed by atoms with Crippen LogP contribution in [0.25, 0.3) is 6.08 Å². The number of unbranched alkanes of at least 4 members (excludes halogenated alkanes) is 1. The quantitative estimate of drug-likeness (QED) is 0.582. The van der Waals surface area contributed by atoms with Crippen molar-refractivity contribution in [3.05, 3.63) is 34.5 Å². The van der Waals surface area contributed by atoms with Crippen LogP contribution in [0.3, 0.4) is 0 Å². The number of halogens is 5. The lowest BCUT2D eigenvalue weighted by atomic mass is 10.2. The molecule has 6 heteroatoms. The monoisotopic (exact) mass is 312 g/mol. The second-order valence-electron chi connectivity index (χ2n) is 4.38. The molecule has 0 nitrogen and oxygen atoms in total. The Morgan fingerprint density at radius 2 is 1.95 bits per heavy atom. The van der Waals surface area contributed by atoms with Crippen LogP contribution in [0.5, 0.6) is 0 Å². The predicted octanol–water partition coefficient (Wildman–Crippen LogP) is 6.21. The fourth-order valence-corrected chi connectivity index (χ4v) is 5.14. The molecule has 2 rings (SSSR count). The molecule has 1 aromatic rings. The van der Waals surface area contributed by atoms with Crippen molar-refractivity contribution in [2.24, 2.45) is 0 Å². The Morgan fingerprint density at radius 3 is 2.53 bits per heavy atom. The average Bonchev–Trinajstić information content (AvgIpc) is 2.61. The van der Waals surface area contributed by atoms with E-state index in [4.69, 9.17) is 10.7 Å². The van der Waals surface area contributed by atoms with E-state index in [2.05, 4.69) is 0 Å². The van der Waals surface area contributed by atoms with Gasteiger partial charge >= 0.3 is 5.51 Å². The Labute approximate surface area is 115 Å². The highest BCUT2D eigenvalue weighted by Gasteiger charge is 2.55. The summed E-state index contributed by atoms with van der Waals surface area (Å²) in [5, 5.41) is 0. The van der Waals surface area contributed by atoms with Crippen LogP contribution in [-0.2, 0) is 0 Å². The van der Waals surface area contributed by atoms with Gasteiger partial charge in [-0.15, -0.1) is 0 Å². The van der Waals surface area contributed by atoms with Crippen LogP contribution >= 0.6 is 19.9 Å². The fourth-order valence-electron chi connectivity index (χ4n) is 2.10. The van der Waals surface area contributed by atoms with Crippen molar-refractivity contribution in [3.8, 4) is 0 Å². The molecule has 0 bridgehead atoms. The van der Waals surface area contributed by atoms with Crippen LogP contribution in [0.4, 0.5) is 17.6 Å². The molecule has 0 saturated carbocycles. The molecule has 0 spiro atoms. The highest BCUT2D eigenvalue weighted by molar-refractivity contribution is 8.54. The van der Waals surface area contributed by atoms with Gasteiger partial charge in [-0.3, -0.25) is 0 Å². The molecule has 1 heterocycles. The van der Waals surface area contributed by atoms with E-state index in [1.807, 2.05) is 6.92 Å². The van der Waals surface area contributed by atoms with Crippen molar-refractivity contribution in [3.63, 3.8) is 0 Å². The molecule has 0 N–H and O–H groups in total. The number of fused-ring (bicyclic) bond motifs is 1. The molecule has 19 heavy (non-hydrogen) atoms. The summed E-state index contributed by atoms with van der Waals surface area (Å²) in [7, 11) is 2.35. The summed E-state index contributed by atoms with van der Waals surface area (Å²) in [5.74, 6) is -0.689. The maximum absolute atomic E-state index is 13.4. The van der Waals surface area contributed by atoms with E-state index in [9.17, 15) is 17.6 Å². The fraction of sp³-hybridized carbons (Fsp3) is 0.385. The van der Waals surface area contributed by atoms with Crippen LogP contribution in [0, 0.1) is 5.82 Å². The molecule has 0 amide bonds.